The van der Waals surface area contributed by atoms with Crippen molar-refractivity contribution in [3.63, 3.8) is 0 Å². The number of fused-ring (bicyclic) bond motifs is 1. The Morgan fingerprint density at radius 3 is 3.05 bits per heavy atom. The van der Waals surface area contributed by atoms with Crippen LogP contribution >= 0.6 is 0 Å². The van der Waals surface area contributed by atoms with Crippen LogP contribution in [-0.4, -0.2) is 53.3 Å². The van der Waals surface area contributed by atoms with Crippen LogP contribution in [0.3, 0.4) is 0 Å². The molecule has 22 heavy (non-hydrogen) atoms. The number of aliphatic hydroxyl groups excluding tert-OH is 1. The monoisotopic (exact) mass is 300 g/mol. The van der Waals surface area contributed by atoms with Crippen LogP contribution in [-0.2, 0) is 16.0 Å². The summed E-state index contributed by atoms with van der Waals surface area (Å²) in [7, 11) is 1.64. The number of pyridine rings is 1. The largest absolute Gasteiger partial charge is 0.394 e. The lowest BCUT2D eigenvalue weighted by atomic mass is 10.1. The molecule has 1 aliphatic rings. The number of likely N-dealkylation sites (tertiary alicyclic amines) is 1. The van der Waals surface area contributed by atoms with Crippen LogP contribution in [0.25, 0.3) is 10.9 Å². The maximum Gasteiger partial charge on any atom is 0.227 e. The molecule has 2 aromatic rings. The molecule has 116 valence electrons. The summed E-state index contributed by atoms with van der Waals surface area (Å²) in [4.78, 5) is 18.6. The molecule has 1 aromatic heterocycles. The van der Waals surface area contributed by atoms with Gasteiger partial charge in [-0.1, -0.05) is 18.2 Å². The molecule has 0 aliphatic carbocycles. The van der Waals surface area contributed by atoms with Gasteiger partial charge in [-0.2, -0.15) is 0 Å². The minimum absolute atomic E-state index is 0.00989. The highest BCUT2D eigenvalue weighted by Crippen LogP contribution is 2.21. The Balaban J connectivity index is 1.74. The molecule has 1 aliphatic heterocycles. The van der Waals surface area contributed by atoms with E-state index < -0.39 is 0 Å². The number of para-hydroxylation sites is 1. The molecule has 2 atom stereocenters. The lowest BCUT2D eigenvalue weighted by Crippen LogP contribution is -2.39. The van der Waals surface area contributed by atoms with E-state index in [2.05, 4.69) is 4.98 Å². The zero-order valence-corrected chi connectivity index (χ0v) is 12.6. The molecule has 0 spiro atoms. The standard InChI is InChI=1S/C17H20N2O3/c1-22-15-8-14(11-20)19(10-15)17(21)7-12-6-13-4-2-3-5-16(13)18-9-12/h2-6,9,14-15,20H,7-8,10-11H2,1H3/t14-,15-/m0/s1. The number of rotatable bonds is 4. The van der Waals surface area contributed by atoms with Gasteiger partial charge in [0.2, 0.25) is 5.91 Å². The highest BCUT2D eigenvalue weighted by Gasteiger charge is 2.34. The zero-order valence-electron chi connectivity index (χ0n) is 12.6. The van der Waals surface area contributed by atoms with Gasteiger partial charge in [0.05, 0.1) is 30.7 Å². The normalized spacial score (nSPS) is 21.5. The first-order valence-electron chi connectivity index (χ1n) is 7.48. The zero-order chi connectivity index (χ0) is 15.5. The van der Waals surface area contributed by atoms with E-state index >= 15 is 0 Å². The second kappa shape index (κ2) is 6.42. The summed E-state index contributed by atoms with van der Waals surface area (Å²) >= 11 is 0. The maximum absolute atomic E-state index is 12.5. The van der Waals surface area contributed by atoms with Gasteiger partial charge in [-0.3, -0.25) is 9.78 Å². The molecule has 1 aromatic carbocycles. The van der Waals surface area contributed by atoms with Crippen molar-refractivity contribution >= 4 is 16.8 Å². The number of aliphatic hydroxyl groups is 1. The number of carbonyl (C=O) groups excluding carboxylic acids is 1. The van der Waals surface area contributed by atoms with Crippen molar-refractivity contribution in [2.75, 3.05) is 20.3 Å². The van der Waals surface area contributed by atoms with Crippen LogP contribution in [0.1, 0.15) is 12.0 Å². The van der Waals surface area contributed by atoms with Crippen LogP contribution in [0.4, 0.5) is 0 Å². The number of aromatic nitrogens is 1. The molecule has 2 heterocycles. The summed E-state index contributed by atoms with van der Waals surface area (Å²) < 4.78 is 5.31. The van der Waals surface area contributed by atoms with E-state index in [1.807, 2.05) is 30.3 Å². The van der Waals surface area contributed by atoms with Crippen molar-refractivity contribution in [2.45, 2.75) is 25.0 Å². The van der Waals surface area contributed by atoms with Crippen molar-refractivity contribution in [1.29, 1.82) is 0 Å². The first kappa shape index (κ1) is 14.9. The molecule has 1 saturated heterocycles. The SMILES string of the molecule is CO[C@H]1C[C@@H](CO)N(C(=O)Cc2cnc3ccccc3c2)C1. The Morgan fingerprint density at radius 1 is 1.45 bits per heavy atom. The van der Waals surface area contributed by atoms with Gasteiger partial charge in [0.1, 0.15) is 0 Å². The molecular weight excluding hydrogens is 280 g/mol. The minimum Gasteiger partial charge on any atom is -0.394 e. The smallest absolute Gasteiger partial charge is 0.227 e. The van der Waals surface area contributed by atoms with Gasteiger partial charge in [-0.05, 0) is 24.1 Å². The molecule has 1 amide bonds. The summed E-state index contributed by atoms with van der Waals surface area (Å²) in [6.45, 7) is 0.517. The molecular formula is C17H20N2O3. The maximum atomic E-state index is 12.5. The third-order valence-electron chi connectivity index (χ3n) is 4.24. The van der Waals surface area contributed by atoms with E-state index in [1.54, 1.807) is 18.2 Å². The fraction of sp³-hybridized carbons (Fsp3) is 0.412. The van der Waals surface area contributed by atoms with E-state index in [9.17, 15) is 9.90 Å². The number of ether oxygens (including phenoxy) is 1. The number of methoxy groups -OCH3 is 1. The lowest BCUT2D eigenvalue weighted by molar-refractivity contribution is -0.132. The number of amides is 1. The predicted molar refractivity (Wildman–Crippen MR) is 83.4 cm³/mol. The second-order valence-corrected chi connectivity index (χ2v) is 5.69. The molecule has 1 fully saturated rings. The van der Waals surface area contributed by atoms with Crippen LogP contribution in [0.15, 0.2) is 36.5 Å². The third kappa shape index (κ3) is 2.96. The first-order chi connectivity index (χ1) is 10.7. The Morgan fingerprint density at radius 2 is 2.27 bits per heavy atom. The average Bonchev–Trinajstić information content (AvgIpc) is 2.98. The van der Waals surface area contributed by atoms with E-state index in [1.165, 1.54) is 0 Å². The number of carbonyl (C=O) groups is 1. The van der Waals surface area contributed by atoms with Crippen LogP contribution in [0, 0.1) is 0 Å². The van der Waals surface area contributed by atoms with Crippen molar-refractivity contribution in [3.05, 3.63) is 42.1 Å². The van der Waals surface area contributed by atoms with Gasteiger partial charge in [0.25, 0.3) is 0 Å². The first-order valence-corrected chi connectivity index (χ1v) is 7.48. The highest BCUT2D eigenvalue weighted by molar-refractivity contribution is 5.83. The van der Waals surface area contributed by atoms with Gasteiger partial charge in [-0.25, -0.2) is 0 Å². The summed E-state index contributed by atoms with van der Waals surface area (Å²) in [5, 5.41) is 10.5. The third-order valence-corrected chi connectivity index (χ3v) is 4.24. The molecule has 5 nitrogen and oxygen atoms in total. The van der Waals surface area contributed by atoms with E-state index in [0.29, 0.717) is 19.4 Å². The van der Waals surface area contributed by atoms with Crippen molar-refractivity contribution in [1.82, 2.24) is 9.88 Å². The quantitative estimate of drug-likeness (QED) is 0.927. The minimum atomic E-state index is -0.147. The summed E-state index contributed by atoms with van der Waals surface area (Å²) in [6, 6.07) is 9.70. The molecule has 0 unspecified atom stereocenters. The molecule has 3 rings (SSSR count). The number of hydrogen-bond donors (Lipinski definition) is 1. The Bertz CT molecular complexity index is 674. The Labute approximate surface area is 129 Å². The van der Waals surface area contributed by atoms with Crippen molar-refractivity contribution in [2.24, 2.45) is 0 Å². The molecule has 0 radical (unpaired) electrons. The molecule has 5 heteroatoms. The summed E-state index contributed by atoms with van der Waals surface area (Å²) in [5.41, 5.74) is 1.81. The van der Waals surface area contributed by atoms with Gasteiger partial charge in [0.15, 0.2) is 0 Å². The Hall–Kier alpha value is -1.98. The van der Waals surface area contributed by atoms with Gasteiger partial charge in [-0.15, -0.1) is 0 Å². The molecule has 0 bridgehead atoms. The topological polar surface area (TPSA) is 62.7 Å². The summed E-state index contributed by atoms with van der Waals surface area (Å²) in [6.07, 6.45) is 2.74. The van der Waals surface area contributed by atoms with Gasteiger partial charge < -0.3 is 14.7 Å². The number of nitrogens with zero attached hydrogens (tertiary/aromatic N) is 2. The van der Waals surface area contributed by atoms with Crippen LogP contribution in [0.2, 0.25) is 0 Å². The van der Waals surface area contributed by atoms with E-state index in [-0.39, 0.29) is 24.7 Å². The van der Waals surface area contributed by atoms with Gasteiger partial charge in [0, 0.05) is 25.2 Å². The molecule has 1 N–H and O–H groups in total. The number of benzene rings is 1. The van der Waals surface area contributed by atoms with Crippen LogP contribution < -0.4 is 0 Å². The van der Waals surface area contributed by atoms with Crippen molar-refractivity contribution in [3.8, 4) is 0 Å². The molecule has 0 saturated carbocycles. The fourth-order valence-corrected chi connectivity index (χ4v) is 3.01. The highest BCUT2D eigenvalue weighted by atomic mass is 16.5. The summed E-state index contributed by atoms with van der Waals surface area (Å²) in [5.74, 6) is 0.00989. The predicted octanol–water partition coefficient (Wildman–Crippen LogP) is 1.39. The second-order valence-electron chi connectivity index (χ2n) is 5.69. The Kier molecular flexibility index (Phi) is 4.36. The number of hydrogen-bond acceptors (Lipinski definition) is 4. The lowest BCUT2D eigenvalue weighted by Gasteiger charge is -2.22. The van der Waals surface area contributed by atoms with Gasteiger partial charge >= 0.3 is 0 Å². The average molecular weight is 300 g/mol. The van der Waals surface area contributed by atoms with Crippen LogP contribution in [0.5, 0.6) is 0 Å². The van der Waals surface area contributed by atoms with E-state index in [0.717, 1.165) is 16.5 Å². The van der Waals surface area contributed by atoms with E-state index in [4.69, 9.17) is 4.74 Å². The fourth-order valence-electron chi connectivity index (χ4n) is 3.01. The van der Waals surface area contributed by atoms with Crippen molar-refractivity contribution < 1.29 is 14.6 Å².